The Hall–Kier alpha value is -3.57. The molecule has 3 aromatic carbocycles. The zero-order valence-corrected chi connectivity index (χ0v) is 17.0. The first kappa shape index (κ1) is 19.7. The molecule has 0 aliphatic rings. The van der Waals surface area contributed by atoms with Crippen molar-refractivity contribution in [3.63, 3.8) is 0 Å². The second-order valence-corrected chi connectivity index (χ2v) is 6.92. The number of carbonyl (C=O) groups is 1. The Labute approximate surface area is 175 Å². The van der Waals surface area contributed by atoms with Gasteiger partial charge in [0.25, 0.3) is 5.91 Å². The Kier molecular flexibility index (Phi) is 5.82. The molecule has 0 unspecified atom stereocenters. The standard InChI is InChI=1S/C25H23NO4/c1-28-16-19-11-7-6-10-18(19)15-26-25(27)24-23(17-8-4-3-5-9-17)21-13-12-20(29-2)14-22(21)30-24/h3-14H,15-16H2,1-2H3,(H,26,27). The highest BCUT2D eigenvalue weighted by molar-refractivity contribution is 6.08. The number of benzene rings is 3. The highest BCUT2D eigenvalue weighted by Gasteiger charge is 2.22. The fraction of sp³-hybridized carbons (Fsp3) is 0.160. The highest BCUT2D eigenvalue weighted by atomic mass is 16.5. The third-order valence-electron chi connectivity index (χ3n) is 5.02. The molecule has 0 aliphatic heterocycles. The minimum Gasteiger partial charge on any atom is -0.497 e. The second-order valence-electron chi connectivity index (χ2n) is 6.92. The van der Waals surface area contributed by atoms with Crippen molar-refractivity contribution in [2.45, 2.75) is 13.2 Å². The van der Waals surface area contributed by atoms with Crippen LogP contribution in [0.3, 0.4) is 0 Å². The first-order valence-corrected chi connectivity index (χ1v) is 9.71. The zero-order valence-electron chi connectivity index (χ0n) is 17.0. The van der Waals surface area contributed by atoms with Gasteiger partial charge < -0.3 is 19.2 Å². The Morgan fingerprint density at radius 3 is 2.40 bits per heavy atom. The molecule has 0 saturated carbocycles. The molecule has 5 nitrogen and oxygen atoms in total. The average Bonchev–Trinajstić information content (AvgIpc) is 3.18. The minimum absolute atomic E-state index is 0.267. The van der Waals surface area contributed by atoms with Crippen LogP contribution < -0.4 is 10.1 Å². The van der Waals surface area contributed by atoms with Crippen LogP contribution in [-0.2, 0) is 17.9 Å². The summed E-state index contributed by atoms with van der Waals surface area (Å²) in [5.41, 5.74) is 4.35. The summed E-state index contributed by atoms with van der Waals surface area (Å²) in [7, 11) is 3.26. The molecule has 0 saturated heterocycles. The van der Waals surface area contributed by atoms with E-state index in [0.717, 1.165) is 27.6 Å². The molecular weight excluding hydrogens is 378 g/mol. The lowest BCUT2D eigenvalue weighted by atomic mass is 10.0. The number of nitrogens with one attached hydrogen (secondary N) is 1. The summed E-state index contributed by atoms with van der Waals surface area (Å²) in [5, 5.41) is 3.86. The van der Waals surface area contributed by atoms with Crippen LogP contribution in [0.1, 0.15) is 21.7 Å². The largest absolute Gasteiger partial charge is 0.497 e. The number of hydrogen-bond donors (Lipinski definition) is 1. The quantitative estimate of drug-likeness (QED) is 0.463. The summed E-state index contributed by atoms with van der Waals surface area (Å²) in [5.74, 6) is 0.696. The monoisotopic (exact) mass is 401 g/mol. The molecule has 0 fully saturated rings. The van der Waals surface area contributed by atoms with Gasteiger partial charge in [-0.3, -0.25) is 4.79 Å². The number of fused-ring (bicyclic) bond motifs is 1. The molecule has 152 valence electrons. The minimum atomic E-state index is -0.267. The van der Waals surface area contributed by atoms with Gasteiger partial charge in [0.15, 0.2) is 0 Å². The van der Waals surface area contributed by atoms with Crippen molar-refractivity contribution in [2.24, 2.45) is 0 Å². The molecule has 4 rings (SSSR count). The normalized spacial score (nSPS) is 10.9. The number of amides is 1. The third kappa shape index (κ3) is 3.93. The number of ether oxygens (including phenoxy) is 2. The molecule has 4 aromatic rings. The highest BCUT2D eigenvalue weighted by Crippen LogP contribution is 2.36. The van der Waals surface area contributed by atoms with Gasteiger partial charge in [0, 0.05) is 30.7 Å². The SMILES string of the molecule is COCc1ccccc1CNC(=O)c1oc2cc(OC)ccc2c1-c1ccccc1. The van der Waals surface area contributed by atoms with Gasteiger partial charge in [-0.05, 0) is 28.8 Å². The van der Waals surface area contributed by atoms with E-state index < -0.39 is 0 Å². The maximum absolute atomic E-state index is 13.1. The first-order chi connectivity index (χ1) is 14.7. The van der Waals surface area contributed by atoms with Crippen molar-refractivity contribution in [1.29, 1.82) is 0 Å². The van der Waals surface area contributed by atoms with Crippen LogP contribution in [0.15, 0.2) is 77.2 Å². The summed E-state index contributed by atoms with van der Waals surface area (Å²) in [4.78, 5) is 13.1. The van der Waals surface area contributed by atoms with Gasteiger partial charge in [0.1, 0.15) is 11.3 Å². The fourth-order valence-electron chi connectivity index (χ4n) is 3.54. The van der Waals surface area contributed by atoms with Gasteiger partial charge in [-0.15, -0.1) is 0 Å². The first-order valence-electron chi connectivity index (χ1n) is 9.71. The van der Waals surface area contributed by atoms with Crippen molar-refractivity contribution in [3.8, 4) is 16.9 Å². The maximum atomic E-state index is 13.1. The van der Waals surface area contributed by atoms with Crippen molar-refractivity contribution in [3.05, 3.63) is 89.7 Å². The van der Waals surface area contributed by atoms with E-state index in [1.54, 1.807) is 20.3 Å². The summed E-state index contributed by atoms with van der Waals surface area (Å²) in [6.45, 7) is 0.874. The number of carbonyl (C=O) groups excluding carboxylic acids is 1. The van der Waals surface area contributed by atoms with Crippen LogP contribution in [-0.4, -0.2) is 20.1 Å². The molecule has 0 spiro atoms. The fourth-order valence-corrected chi connectivity index (χ4v) is 3.54. The van der Waals surface area contributed by atoms with Crippen molar-refractivity contribution >= 4 is 16.9 Å². The number of furan rings is 1. The van der Waals surface area contributed by atoms with Crippen LogP contribution >= 0.6 is 0 Å². The van der Waals surface area contributed by atoms with Gasteiger partial charge in [-0.2, -0.15) is 0 Å². The van der Waals surface area contributed by atoms with Crippen LogP contribution in [0.2, 0.25) is 0 Å². The molecule has 30 heavy (non-hydrogen) atoms. The number of methoxy groups -OCH3 is 2. The summed E-state index contributed by atoms with van der Waals surface area (Å²) < 4.78 is 16.6. The van der Waals surface area contributed by atoms with Crippen LogP contribution in [0, 0.1) is 0 Å². The van der Waals surface area contributed by atoms with E-state index in [2.05, 4.69) is 5.32 Å². The predicted octanol–water partition coefficient (Wildman–Crippen LogP) is 5.18. The summed E-state index contributed by atoms with van der Waals surface area (Å²) >= 11 is 0. The van der Waals surface area contributed by atoms with Gasteiger partial charge in [-0.25, -0.2) is 0 Å². The molecular formula is C25H23NO4. The lowest BCUT2D eigenvalue weighted by Crippen LogP contribution is -2.23. The molecule has 5 heteroatoms. The van der Waals surface area contributed by atoms with Crippen LogP contribution in [0.25, 0.3) is 22.1 Å². The zero-order chi connectivity index (χ0) is 20.9. The number of hydrogen-bond acceptors (Lipinski definition) is 4. The molecule has 0 bridgehead atoms. The Morgan fingerprint density at radius 2 is 1.67 bits per heavy atom. The Bertz CT molecular complexity index is 1160. The second kappa shape index (κ2) is 8.84. The molecule has 0 atom stereocenters. The van der Waals surface area contributed by atoms with E-state index in [9.17, 15) is 4.79 Å². The van der Waals surface area contributed by atoms with E-state index in [4.69, 9.17) is 13.9 Å². The third-order valence-corrected chi connectivity index (χ3v) is 5.02. The average molecular weight is 401 g/mol. The van der Waals surface area contributed by atoms with E-state index >= 15 is 0 Å². The van der Waals surface area contributed by atoms with E-state index in [1.807, 2.05) is 66.7 Å². The Morgan fingerprint density at radius 1 is 0.933 bits per heavy atom. The van der Waals surface area contributed by atoms with E-state index in [-0.39, 0.29) is 11.7 Å². The lowest BCUT2D eigenvalue weighted by molar-refractivity contribution is 0.0925. The summed E-state index contributed by atoms with van der Waals surface area (Å²) in [6.07, 6.45) is 0. The van der Waals surface area contributed by atoms with Crippen molar-refractivity contribution in [2.75, 3.05) is 14.2 Å². The number of rotatable bonds is 7. The van der Waals surface area contributed by atoms with Gasteiger partial charge >= 0.3 is 0 Å². The predicted molar refractivity (Wildman–Crippen MR) is 117 cm³/mol. The summed E-state index contributed by atoms with van der Waals surface area (Å²) in [6, 6.07) is 23.2. The van der Waals surface area contributed by atoms with Crippen LogP contribution in [0.4, 0.5) is 0 Å². The van der Waals surface area contributed by atoms with Gasteiger partial charge in [0.2, 0.25) is 5.76 Å². The molecule has 1 amide bonds. The molecule has 1 heterocycles. The topological polar surface area (TPSA) is 60.7 Å². The van der Waals surface area contributed by atoms with Crippen molar-refractivity contribution < 1.29 is 18.7 Å². The Balaban J connectivity index is 1.70. The molecule has 0 radical (unpaired) electrons. The smallest absolute Gasteiger partial charge is 0.287 e. The van der Waals surface area contributed by atoms with Crippen LogP contribution in [0.5, 0.6) is 5.75 Å². The molecule has 1 N–H and O–H groups in total. The molecule has 1 aromatic heterocycles. The van der Waals surface area contributed by atoms with Crippen molar-refractivity contribution in [1.82, 2.24) is 5.32 Å². The van der Waals surface area contributed by atoms with Gasteiger partial charge in [-0.1, -0.05) is 54.6 Å². The van der Waals surface area contributed by atoms with Gasteiger partial charge in [0.05, 0.1) is 13.7 Å². The van der Waals surface area contributed by atoms with E-state index in [0.29, 0.717) is 24.5 Å². The maximum Gasteiger partial charge on any atom is 0.287 e. The molecule has 0 aliphatic carbocycles. The lowest BCUT2D eigenvalue weighted by Gasteiger charge is -2.10. The van der Waals surface area contributed by atoms with E-state index in [1.165, 1.54) is 0 Å².